The van der Waals surface area contributed by atoms with Crippen LogP contribution in [0.15, 0.2) is 18.3 Å². The quantitative estimate of drug-likeness (QED) is 0.805. The molecule has 17 heavy (non-hydrogen) atoms. The van der Waals surface area contributed by atoms with Crippen molar-refractivity contribution in [3.05, 3.63) is 18.3 Å². The Hall–Kier alpha value is -1.43. The number of aliphatic hydroxyl groups is 1. The van der Waals surface area contributed by atoms with E-state index >= 15 is 0 Å². The van der Waals surface area contributed by atoms with E-state index in [4.69, 9.17) is 9.84 Å². The van der Waals surface area contributed by atoms with E-state index in [9.17, 15) is 8.78 Å². The van der Waals surface area contributed by atoms with Gasteiger partial charge in [-0.15, -0.1) is 0 Å². The van der Waals surface area contributed by atoms with Crippen molar-refractivity contribution in [2.45, 2.75) is 32.5 Å². The molecule has 0 radical (unpaired) electrons. The minimum Gasteiger partial charge on any atom is -0.487 e. The molecule has 4 nitrogen and oxygen atoms in total. The lowest BCUT2D eigenvalue weighted by molar-refractivity contribution is 0.00377. The third-order valence-electron chi connectivity index (χ3n) is 1.90. The molecule has 0 bridgehead atoms. The number of rotatable bonds is 6. The van der Waals surface area contributed by atoms with Crippen molar-refractivity contribution in [3.63, 3.8) is 0 Å². The highest BCUT2D eigenvalue weighted by atomic mass is 19.3. The van der Waals surface area contributed by atoms with Gasteiger partial charge in [-0.3, -0.25) is 0 Å². The summed E-state index contributed by atoms with van der Waals surface area (Å²) in [6.45, 7) is 3.43. The van der Waals surface area contributed by atoms with Crippen LogP contribution in [-0.4, -0.2) is 35.3 Å². The van der Waals surface area contributed by atoms with E-state index in [1.807, 2.05) is 13.8 Å². The Kier molecular flexibility index (Phi) is 5.09. The van der Waals surface area contributed by atoms with Crippen LogP contribution in [-0.2, 0) is 0 Å². The molecule has 0 aliphatic carbocycles. The van der Waals surface area contributed by atoms with Gasteiger partial charge >= 0.3 is 0 Å². The van der Waals surface area contributed by atoms with Crippen molar-refractivity contribution >= 4 is 5.82 Å². The first-order valence-corrected chi connectivity index (χ1v) is 5.32. The van der Waals surface area contributed by atoms with Gasteiger partial charge in [-0.25, -0.2) is 13.8 Å². The predicted octanol–water partition coefficient (Wildman–Crippen LogP) is 1.91. The number of nitrogens with zero attached hydrogens (tertiary/aromatic N) is 1. The fraction of sp³-hybridized carbons (Fsp3) is 0.545. The molecule has 0 aliphatic heterocycles. The first-order valence-electron chi connectivity index (χ1n) is 5.32. The summed E-state index contributed by atoms with van der Waals surface area (Å²) in [4.78, 5) is 3.97. The van der Waals surface area contributed by atoms with Gasteiger partial charge in [0.15, 0.2) is 11.6 Å². The standard InChI is InChI=1S/C11H16F2N2O2/c1-7(2)17-9-4-3-5-14-11(9)15-6-8(16)10(12)13/h3-5,7-8,10,16H,6H2,1-2H3,(H,14,15). The Balaban J connectivity index is 2.63. The number of nitrogens with one attached hydrogen (secondary N) is 1. The molecule has 0 saturated heterocycles. The lowest BCUT2D eigenvalue weighted by Gasteiger charge is -2.16. The Morgan fingerprint density at radius 3 is 2.76 bits per heavy atom. The van der Waals surface area contributed by atoms with Crippen LogP contribution in [0.25, 0.3) is 0 Å². The van der Waals surface area contributed by atoms with Crippen molar-refractivity contribution in [1.82, 2.24) is 4.98 Å². The molecular formula is C11H16F2N2O2. The molecule has 1 aromatic rings. The molecule has 1 heterocycles. The van der Waals surface area contributed by atoms with Gasteiger partial charge in [-0.2, -0.15) is 0 Å². The molecule has 1 rings (SSSR count). The van der Waals surface area contributed by atoms with Crippen LogP contribution in [0.4, 0.5) is 14.6 Å². The number of alkyl halides is 2. The summed E-state index contributed by atoms with van der Waals surface area (Å²) in [7, 11) is 0. The summed E-state index contributed by atoms with van der Waals surface area (Å²) in [5, 5.41) is 11.6. The monoisotopic (exact) mass is 246 g/mol. The molecular weight excluding hydrogens is 230 g/mol. The Bertz CT molecular complexity index is 348. The highest BCUT2D eigenvalue weighted by Gasteiger charge is 2.17. The summed E-state index contributed by atoms with van der Waals surface area (Å²) in [5.41, 5.74) is 0. The number of aliphatic hydroxyl groups excluding tert-OH is 1. The zero-order valence-corrected chi connectivity index (χ0v) is 9.73. The smallest absolute Gasteiger partial charge is 0.265 e. The molecule has 96 valence electrons. The van der Waals surface area contributed by atoms with E-state index in [0.717, 1.165) is 0 Å². The van der Waals surface area contributed by atoms with Gasteiger partial charge in [0.25, 0.3) is 6.43 Å². The van der Waals surface area contributed by atoms with Gasteiger partial charge in [0.05, 0.1) is 6.10 Å². The van der Waals surface area contributed by atoms with Crippen LogP contribution in [0.2, 0.25) is 0 Å². The SMILES string of the molecule is CC(C)Oc1cccnc1NCC(O)C(F)F. The number of ether oxygens (including phenoxy) is 1. The molecule has 2 N–H and O–H groups in total. The first kappa shape index (κ1) is 13.6. The predicted molar refractivity (Wildman–Crippen MR) is 60.5 cm³/mol. The third kappa shape index (κ3) is 4.52. The highest BCUT2D eigenvalue weighted by molar-refractivity contribution is 5.49. The number of halogens is 2. The van der Waals surface area contributed by atoms with Gasteiger partial charge in [0.1, 0.15) is 6.10 Å². The maximum absolute atomic E-state index is 12.1. The zero-order chi connectivity index (χ0) is 12.8. The molecule has 6 heteroatoms. The lowest BCUT2D eigenvalue weighted by Crippen LogP contribution is -2.27. The van der Waals surface area contributed by atoms with Crippen molar-refractivity contribution in [1.29, 1.82) is 0 Å². The molecule has 0 amide bonds. The maximum Gasteiger partial charge on any atom is 0.265 e. The van der Waals surface area contributed by atoms with Crippen molar-refractivity contribution < 1.29 is 18.6 Å². The molecule has 1 atom stereocenters. The van der Waals surface area contributed by atoms with Crippen LogP contribution in [0, 0.1) is 0 Å². The van der Waals surface area contributed by atoms with E-state index in [0.29, 0.717) is 11.6 Å². The average Bonchev–Trinajstić information content (AvgIpc) is 2.26. The van der Waals surface area contributed by atoms with Gasteiger partial charge < -0.3 is 15.2 Å². The van der Waals surface area contributed by atoms with Crippen LogP contribution < -0.4 is 10.1 Å². The number of hydrogen-bond acceptors (Lipinski definition) is 4. The van der Waals surface area contributed by atoms with E-state index < -0.39 is 12.5 Å². The molecule has 0 aromatic carbocycles. The number of anilines is 1. The van der Waals surface area contributed by atoms with Gasteiger partial charge in [0, 0.05) is 12.7 Å². The Morgan fingerprint density at radius 1 is 1.47 bits per heavy atom. The van der Waals surface area contributed by atoms with Crippen LogP contribution >= 0.6 is 0 Å². The summed E-state index contributed by atoms with van der Waals surface area (Å²) >= 11 is 0. The van der Waals surface area contributed by atoms with Crippen molar-refractivity contribution in [2.75, 3.05) is 11.9 Å². The fourth-order valence-electron chi connectivity index (χ4n) is 1.16. The summed E-state index contributed by atoms with van der Waals surface area (Å²) in [5.74, 6) is 0.824. The minimum atomic E-state index is -2.78. The molecule has 0 aliphatic rings. The number of aromatic nitrogens is 1. The molecule has 1 aromatic heterocycles. The second-order valence-electron chi connectivity index (χ2n) is 3.80. The third-order valence-corrected chi connectivity index (χ3v) is 1.90. The first-order chi connectivity index (χ1) is 8.00. The normalized spacial score (nSPS) is 12.9. The van der Waals surface area contributed by atoms with Crippen LogP contribution in [0.1, 0.15) is 13.8 Å². The van der Waals surface area contributed by atoms with Crippen LogP contribution in [0.3, 0.4) is 0 Å². The highest BCUT2D eigenvalue weighted by Crippen LogP contribution is 2.22. The van der Waals surface area contributed by atoms with E-state index in [-0.39, 0.29) is 12.6 Å². The summed E-state index contributed by atoms with van der Waals surface area (Å²) < 4.78 is 29.6. The van der Waals surface area contributed by atoms with Crippen molar-refractivity contribution in [2.24, 2.45) is 0 Å². The molecule has 0 spiro atoms. The molecule has 0 fully saturated rings. The number of hydrogen-bond donors (Lipinski definition) is 2. The van der Waals surface area contributed by atoms with Crippen LogP contribution in [0.5, 0.6) is 5.75 Å². The lowest BCUT2D eigenvalue weighted by atomic mass is 10.3. The number of pyridine rings is 1. The summed E-state index contributed by atoms with van der Waals surface area (Å²) in [6.07, 6.45) is -3.02. The second kappa shape index (κ2) is 6.34. The largest absolute Gasteiger partial charge is 0.487 e. The van der Waals surface area contributed by atoms with Gasteiger partial charge in [-0.05, 0) is 26.0 Å². The molecule has 1 unspecified atom stereocenters. The minimum absolute atomic E-state index is 0.0419. The Labute approximate surface area is 98.6 Å². The Morgan fingerprint density at radius 2 is 2.18 bits per heavy atom. The fourth-order valence-corrected chi connectivity index (χ4v) is 1.16. The van der Waals surface area contributed by atoms with E-state index in [2.05, 4.69) is 10.3 Å². The average molecular weight is 246 g/mol. The van der Waals surface area contributed by atoms with E-state index in [1.165, 1.54) is 6.20 Å². The zero-order valence-electron chi connectivity index (χ0n) is 9.73. The maximum atomic E-state index is 12.1. The molecule has 0 saturated carbocycles. The van der Waals surface area contributed by atoms with Gasteiger partial charge in [-0.1, -0.05) is 0 Å². The van der Waals surface area contributed by atoms with Gasteiger partial charge in [0.2, 0.25) is 0 Å². The van der Waals surface area contributed by atoms with Crippen molar-refractivity contribution in [3.8, 4) is 5.75 Å². The topological polar surface area (TPSA) is 54.4 Å². The second-order valence-corrected chi connectivity index (χ2v) is 3.80. The van der Waals surface area contributed by atoms with E-state index in [1.54, 1.807) is 12.1 Å². The summed E-state index contributed by atoms with van der Waals surface area (Å²) in [6, 6.07) is 3.37.